The van der Waals surface area contributed by atoms with Crippen molar-refractivity contribution in [2.45, 2.75) is 43.9 Å². The summed E-state index contributed by atoms with van der Waals surface area (Å²) in [6, 6.07) is 0.628. The Morgan fingerprint density at radius 2 is 1.58 bits per heavy atom. The Hall–Kier alpha value is -0.330. The second-order valence-corrected chi connectivity index (χ2v) is 5.84. The number of halogens is 3. The Balaban J connectivity index is 1.67. The maximum atomic E-state index is 12.1. The highest BCUT2D eigenvalue weighted by molar-refractivity contribution is 4.85. The molecule has 1 N–H and O–H groups in total. The highest BCUT2D eigenvalue weighted by Gasteiger charge is 2.31. The average molecular weight is 279 g/mol. The number of hydrogen-bond acceptors (Lipinski definition) is 3. The lowest BCUT2D eigenvalue weighted by Gasteiger charge is -2.41. The lowest BCUT2D eigenvalue weighted by Crippen LogP contribution is -2.51. The molecule has 1 heterocycles. The summed E-state index contributed by atoms with van der Waals surface area (Å²) in [6.45, 7) is 3.55. The first-order valence-corrected chi connectivity index (χ1v) is 7.17. The second kappa shape index (κ2) is 6.41. The fourth-order valence-electron chi connectivity index (χ4n) is 3.09. The lowest BCUT2D eigenvalue weighted by atomic mass is 9.90. The number of likely N-dealkylation sites (N-methyl/N-ethyl adjacent to an activating group) is 1. The average Bonchev–Trinajstić information content (AvgIpc) is 2.37. The van der Waals surface area contributed by atoms with Crippen LogP contribution >= 0.6 is 0 Å². The molecule has 0 radical (unpaired) electrons. The van der Waals surface area contributed by atoms with Crippen LogP contribution in [0.15, 0.2) is 0 Å². The Labute approximate surface area is 113 Å². The van der Waals surface area contributed by atoms with Crippen molar-refractivity contribution in [3.8, 4) is 0 Å². The van der Waals surface area contributed by atoms with E-state index < -0.39 is 12.7 Å². The van der Waals surface area contributed by atoms with Gasteiger partial charge >= 0.3 is 6.18 Å². The molecule has 19 heavy (non-hydrogen) atoms. The molecule has 0 bridgehead atoms. The van der Waals surface area contributed by atoms with Gasteiger partial charge in [0.25, 0.3) is 0 Å². The zero-order valence-electron chi connectivity index (χ0n) is 11.5. The normalized spacial score (nSPS) is 31.6. The van der Waals surface area contributed by atoms with E-state index in [1.54, 1.807) is 0 Å². The van der Waals surface area contributed by atoms with Gasteiger partial charge in [-0.25, -0.2) is 0 Å². The van der Waals surface area contributed by atoms with Crippen LogP contribution in [-0.2, 0) is 0 Å². The molecule has 0 unspecified atom stereocenters. The minimum Gasteiger partial charge on any atom is -0.306 e. The number of nitrogens with zero attached hydrogens (tertiary/aromatic N) is 2. The third-order valence-corrected chi connectivity index (χ3v) is 4.34. The zero-order chi connectivity index (χ0) is 13.9. The van der Waals surface area contributed by atoms with E-state index in [1.807, 2.05) is 0 Å². The van der Waals surface area contributed by atoms with Gasteiger partial charge in [0.05, 0.1) is 6.54 Å². The van der Waals surface area contributed by atoms with E-state index in [0.717, 1.165) is 51.9 Å². The van der Waals surface area contributed by atoms with Crippen molar-refractivity contribution in [1.29, 1.82) is 0 Å². The van der Waals surface area contributed by atoms with Gasteiger partial charge in [0.2, 0.25) is 0 Å². The van der Waals surface area contributed by atoms with Crippen molar-refractivity contribution in [2.24, 2.45) is 0 Å². The second-order valence-electron chi connectivity index (χ2n) is 5.84. The molecule has 0 spiro atoms. The molecule has 0 aromatic rings. The molecule has 0 aromatic heterocycles. The van der Waals surface area contributed by atoms with Crippen molar-refractivity contribution in [3.05, 3.63) is 0 Å². The van der Waals surface area contributed by atoms with Crippen LogP contribution in [0.4, 0.5) is 13.2 Å². The Bertz CT molecular complexity index is 267. The van der Waals surface area contributed by atoms with Crippen LogP contribution in [0.25, 0.3) is 0 Å². The fourth-order valence-corrected chi connectivity index (χ4v) is 3.09. The molecular formula is C13H24F3N3. The summed E-state index contributed by atoms with van der Waals surface area (Å²) in [4.78, 5) is 4.84. The molecule has 0 aromatic carbocycles. The van der Waals surface area contributed by atoms with Crippen molar-refractivity contribution in [3.63, 3.8) is 0 Å². The summed E-state index contributed by atoms with van der Waals surface area (Å²) in [5, 5.41) is 2.64. The molecule has 2 fully saturated rings. The van der Waals surface area contributed by atoms with Crippen molar-refractivity contribution >= 4 is 0 Å². The SMILES string of the molecule is CN1CCN(C2CCC(NCC(F)(F)F)CC2)CC1. The molecule has 1 aliphatic carbocycles. The van der Waals surface area contributed by atoms with Gasteiger partial charge < -0.3 is 10.2 Å². The number of piperazine rings is 1. The van der Waals surface area contributed by atoms with E-state index in [0.29, 0.717) is 6.04 Å². The summed E-state index contributed by atoms with van der Waals surface area (Å²) < 4.78 is 36.4. The van der Waals surface area contributed by atoms with E-state index in [2.05, 4.69) is 22.2 Å². The summed E-state index contributed by atoms with van der Waals surface area (Å²) in [5.74, 6) is 0. The quantitative estimate of drug-likeness (QED) is 0.848. The van der Waals surface area contributed by atoms with Gasteiger partial charge in [-0.05, 0) is 32.7 Å². The van der Waals surface area contributed by atoms with E-state index >= 15 is 0 Å². The molecule has 0 amide bonds. The molecule has 3 nitrogen and oxygen atoms in total. The van der Waals surface area contributed by atoms with E-state index in [1.165, 1.54) is 0 Å². The number of nitrogens with one attached hydrogen (secondary N) is 1. The minimum absolute atomic E-state index is 0.0466. The lowest BCUT2D eigenvalue weighted by molar-refractivity contribution is -0.126. The van der Waals surface area contributed by atoms with Gasteiger partial charge in [0.1, 0.15) is 0 Å². The largest absolute Gasteiger partial charge is 0.401 e. The number of hydrogen-bond donors (Lipinski definition) is 1. The minimum atomic E-state index is -4.09. The highest BCUT2D eigenvalue weighted by atomic mass is 19.4. The molecule has 1 saturated heterocycles. The molecule has 1 saturated carbocycles. The van der Waals surface area contributed by atoms with E-state index in [-0.39, 0.29) is 6.04 Å². The molecule has 1 aliphatic heterocycles. The van der Waals surface area contributed by atoms with Crippen LogP contribution in [-0.4, -0.2) is 67.8 Å². The molecule has 2 aliphatic rings. The molecule has 112 valence electrons. The molecular weight excluding hydrogens is 255 g/mol. The number of rotatable bonds is 3. The predicted molar refractivity (Wildman–Crippen MR) is 69.2 cm³/mol. The van der Waals surface area contributed by atoms with Gasteiger partial charge in [-0.3, -0.25) is 4.90 Å². The third-order valence-electron chi connectivity index (χ3n) is 4.34. The summed E-state index contributed by atoms with van der Waals surface area (Å²) in [5.41, 5.74) is 0. The summed E-state index contributed by atoms with van der Waals surface area (Å²) in [6.07, 6.45) is -0.299. The Morgan fingerprint density at radius 3 is 2.11 bits per heavy atom. The van der Waals surface area contributed by atoms with E-state index in [4.69, 9.17) is 0 Å². The summed E-state index contributed by atoms with van der Waals surface area (Å²) in [7, 11) is 2.13. The van der Waals surface area contributed by atoms with Crippen molar-refractivity contribution in [2.75, 3.05) is 39.8 Å². The van der Waals surface area contributed by atoms with Crippen molar-refractivity contribution < 1.29 is 13.2 Å². The van der Waals surface area contributed by atoms with Crippen molar-refractivity contribution in [1.82, 2.24) is 15.1 Å². The smallest absolute Gasteiger partial charge is 0.306 e. The Kier molecular flexibility index (Phi) is 5.09. The van der Waals surface area contributed by atoms with Crippen LogP contribution in [0, 0.1) is 0 Å². The standard InChI is InChI=1S/C13H24F3N3/c1-18-6-8-19(9-7-18)12-4-2-11(3-5-12)17-10-13(14,15)16/h11-12,17H,2-10H2,1H3. The van der Waals surface area contributed by atoms with Crippen LogP contribution in [0.5, 0.6) is 0 Å². The zero-order valence-corrected chi connectivity index (χ0v) is 11.5. The van der Waals surface area contributed by atoms with Gasteiger partial charge in [-0.2, -0.15) is 13.2 Å². The van der Waals surface area contributed by atoms with Gasteiger partial charge in [0.15, 0.2) is 0 Å². The molecule has 2 rings (SSSR count). The van der Waals surface area contributed by atoms with Crippen LogP contribution < -0.4 is 5.32 Å². The first-order chi connectivity index (χ1) is 8.94. The van der Waals surface area contributed by atoms with Crippen LogP contribution in [0.2, 0.25) is 0 Å². The summed E-state index contributed by atoms with van der Waals surface area (Å²) >= 11 is 0. The molecule has 6 heteroatoms. The molecule has 0 atom stereocenters. The van der Waals surface area contributed by atoms with Crippen LogP contribution in [0.1, 0.15) is 25.7 Å². The van der Waals surface area contributed by atoms with Gasteiger partial charge in [-0.15, -0.1) is 0 Å². The first-order valence-electron chi connectivity index (χ1n) is 7.17. The maximum absolute atomic E-state index is 12.1. The Morgan fingerprint density at radius 1 is 1.00 bits per heavy atom. The van der Waals surface area contributed by atoms with Crippen LogP contribution in [0.3, 0.4) is 0 Å². The van der Waals surface area contributed by atoms with Gasteiger partial charge in [0, 0.05) is 38.3 Å². The van der Waals surface area contributed by atoms with Gasteiger partial charge in [-0.1, -0.05) is 0 Å². The maximum Gasteiger partial charge on any atom is 0.401 e. The van der Waals surface area contributed by atoms with E-state index in [9.17, 15) is 13.2 Å². The monoisotopic (exact) mass is 279 g/mol. The number of alkyl halides is 3. The third kappa shape index (κ3) is 4.93. The predicted octanol–water partition coefficient (Wildman–Crippen LogP) is 1.70. The highest BCUT2D eigenvalue weighted by Crippen LogP contribution is 2.24. The topological polar surface area (TPSA) is 18.5 Å². The fraction of sp³-hybridized carbons (Fsp3) is 1.00. The first kappa shape index (κ1) is 15.1.